The van der Waals surface area contributed by atoms with Crippen LogP contribution < -0.4 is 10.2 Å². The molecule has 9 heteroatoms. The van der Waals surface area contributed by atoms with Crippen LogP contribution in [0.1, 0.15) is 27.5 Å². The van der Waals surface area contributed by atoms with E-state index in [-0.39, 0.29) is 29.4 Å². The molecule has 1 atom stereocenters. The maximum atomic E-state index is 13.7. The third-order valence-electron chi connectivity index (χ3n) is 6.49. The minimum Gasteiger partial charge on any atom is -0.383 e. The number of fused-ring (bicyclic) bond motifs is 1. The second kappa shape index (κ2) is 11.6. The molecule has 1 N–H and O–H groups in total. The molecule has 0 bridgehead atoms. The zero-order valence-electron chi connectivity index (χ0n) is 21.6. The van der Waals surface area contributed by atoms with E-state index < -0.39 is 0 Å². The lowest BCUT2D eigenvalue weighted by atomic mass is 10.0. The number of thioether (sulfide) groups is 1. The van der Waals surface area contributed by atoms with Crippen LogP contribution in [0.4, 0.5) is 5.82 Å². The van der Waals surface area contributed by atoms with Crippen molar-refractivity contribution >= 4 is 40.7 Å². The van der Waals surface area contributed by atoms with E-state index in [0.717, 1.165) is 39.2 Å². The number of thiophene rings is 1. The molecule has 0 unspecified atom stereocenters. The molecular formula is C29H30N4O3S2. The summed E-state index contributed by atoms with van der Waals surface area (Å²) in [5.41, 5.74) is 6.90. The molecule has 0 fully saturated rings. The summed E-state index contributed by atoms with van der Waals surface area (Å²) in [7, 11) is 1.59. The van der Waals surface area contributed by atoms with Gasteiger partial charge in [0, 0.05) is 24.8 Å². The molecule has 5 rings (SSSR count). The van der Waals surface area contributed by atoms with Gasteiger partial charge in [-0.1, -0.05) is 48.0 Å². The zero-order chi connectivity index (χ0) is 26.6. The van der Waals surface area contributed by atoms with Gasteiger partial charge >= 0.3 is 0 Å². The molecule has 0 saturated carbocycles. The van der Waals surface area contributed by atoms with Crippen LogP contribution in [0.2, 0.25) is 0 Å². The largest absolute Gasteiger partial charge is 0.383 e. The van der Waals surface area contributed by atoms with Crippen molar-refractivity contribution in [3.8, 4) is 16.9 Å². The predicted octanol–water partition coefficient (Wildman–Crippen LogP) is 5.15. The lowest BCUT2D eigenvalue weighted by Crippen LogP contribution is -2.43. The Bertz CT molecular complexity index is 1430. The van der Waals surface area contributed by atoms with Gasteiger partial charge < -0.3 is 10.1 Å². The highest BCUT2D eigenvalue weighted by Gasteiger charge is 2.38. The van der Waals surface area contributed by atoms with Crippen LogP contribution in [0.15, 0.2) is 65.4 Å². The zero-order valence-corrected chi connectivity index (χ0v) is 23.3. The number of rotatable bonds is 8. The minimum absolute atomic E-state index is 0.0999. The van der Waals surface area contributed by atoms with Gasteiger partial charge in [-0.3, -0.25) is 14.5 Å². The third-order valence-corrected chi connectivity index (χ3v) is 8.45. The van der Waals surface area contributed by atoms with Gasteiger partial charge in [0.2, 0.25) is 11.8 Å². The lowest BCUT2D eigenvalue weighted by Gasteiger charge is -2.23. The summed E-state index contributed by atoms with van der Waals surface area (Å²) in [4.78, 5) is 28.3. The Morgan fingerprint density at radius 1 is 1.16 bits per heavy atom. The van der Waals surface area contributed by atoms with Crippen molar-refractivity contribution in [1.82, 2.24) is 15.1 Å². The summed E-state index contributed by atoms with van der Waals surface area (Å²) in [5.74, 6) is 0.530. The summed E-state index contributed by atoms with van der Waals surface area (Å²) in [6.45, 7) is 4.78. The summed E-state index contributed by atoms with van der Waals surface area (Å²) in [6, 6.07) is 18.3. The van der Waals surface area contributed by atoms with Crippen molar-refractivity contribution in [2.75, 3.05) is 37.5 Å². The number of aryl methyl sites for hydroxylation is 2. The number of ether oxygens (including phenoxy) is 1. The third kappa shape index (κ3) is 5.27. The molecule has 38 heavy (non-hydrogen) atoms. The maximum Gasteiger partial charge on any atom is 0.240 e. The highest BCUT2D eigenvalue weighted by molar-refractivity contribution is 8.00. The van der Waals surface area contributed by atoms with Crippen LogP contribution in [0.3, 0.4) is 0 Å². The second-order valence-electron chi connectivity index (χ2n) is 9.22. The van der Waals surface area contributed by atoms with E-state index in [1.54, 1.807) is 35.1 Å². The van der Waals surface area contributed by atoms with Gasteiger partial charge in [-0.2, -0.15) is 16.4 Å². The van der Waals surface area contributed by atoms with E-state index in [0.29, 0.717) is 19.0 Å². The van der Waals surface area contributed by atoms with Crippen molar-refractivity contribution in [2.45, 2.75) is 19.1 Å². The molecule has 1 aliphatic heterocycles. The monoisotopic (exact) mass is 546 g/mol. The van der Waals surface area contributed by atoms with Crippen LogP contribution in [-0.2, 0) is 14.3 Å². The van der Waals surface area contributed by atoms with Crippen LogP contribution in [0.25, 0.3) is 16.9 Å². The van der Waals surface area contributed by atoms with Gasteiger partial charge in [-0.05, 0) is 47.9 Å². The molecule has 0 spiro atoms. The molecule has 0 aliphatic carbocycles. The van der Waals surface area contributed by atoms with Crippen molar-refractivity contribution in [2.24, 2.45) is 0 Å². The van der Waals surface area contributed by atoms with E-state index in [1.807, 2.05) is 54.1 Å². The molecule has 0 saturated heterocycles. The molecule has 7 nitrogen and oxygen atoms in total. The van der Waals surface area contributed by atoms with Gasteiger partial charge in [0.25, 0.3) is 0 Å². The molecular weight excluding hydrogens is 516 g/mol. The summed E-state index contributed by atoms with van der Waals surface area (Å²) >= 11 is 3.21. The molecule has 0 radical (unpaired) electrons. The fraction of sp³-hybridized carbons (Fsp3) is 0.276. The molecule has 2 aromatic carbocycles. The fourth-order valence-corrected chi connectivity index (χ4v) is 6.68. The van der Waals surface area contributed by atoms with E-state index in [4.69, 9.17) is 9.84 Å². The van der Waals surface area contributed by atoms with E-state index >= 15 is 0 Å². The highest BCUT2D eigenvalue weighted by atomic mass is 32.2. The van der Waals surface area contributed by atoms with Crippen molar-refractivity contribution in [3.05, 3.63) is 87.6 Å². The van der Waals surface area contributed by atoms with Crippen molar-refractivity contribution in [1.29, 1.82) is 0 Å². The summed E-state index contributed by atoms with van der Waals surface area (Å²) in [5, 5.41) is 12.1. The number of aromatic nitrogens is 2. The number of anilines is 1. The van der Waals surface area contributed by atoms with E-state index in [9.17, 15) is 9.59 Å². The molecule has 1 aliphatic rings. The molecule has 2 aromatic heterocycles. The molecule has 4 aromatic rings. The Morgan fingerprint density at radius 3 is 2.68 bits per heavy atom. The van der Waals surface area contributed by atoms with Gasteiger partial charge in [-0.15, -0.1) is 11.8 Å². The topological polar surface area (TPSA) is 76.5 Å². The van der Waals surface area contributed by atoms with Crippen LogP contribution in [-0.4, -0.2) is 54.2 Å². The number of carbonyl (C=O) groups is 2. The molecule has 196 valence electrons. The SMILES string of the molecule is COCCNC(=O)CN1C(=O)CS[C@H](c2ccsc2)c2c(-c3ccccc3)nn(-c3ccc(C)cc3C)c21. The first-order chi connectivity index (χ1) is 18.5. The fourth-order valence-electron chi connectivity index (χ4n) is 4.72. The summed E-state index contributed by atoms with van der Waals surface area (Å²) < 4.78 is 6.93. The van der Waals surface area contributed by atoms with Crippen molar-refractivity contribution < 1.29 is 14.3 Å². The first-order valence-electron chi connectivity index (χ1n) is 12.4. The minimum atomic E-state index is -0.241. The Morgan fingerprint density at radius 2 is 1.97 bits per heavy atom. The van der Waals surface area contributed by atoms with Gasteiger partial charge in [-0.25, -0.2) is 4.68 Å². The number of benzene rings is 2. The summed E-state index contributed by atoms with van der Waals surface area (Å²) in [6.07, 6.45) is 0. The predicted molar refractivity (Wildman–Crippen MR) is 154 cm³/mol. The number of amides is 2. The normalized spacial score (nSPS) is 15.3. The average Bonchev–Trinajstić information content (AvgIpc) is 3.55. The van der Waals surface area contributed by atoms with Crippen LogP contribution in [0.5, 0.6) is 0 Å². The highest BCUT2D eigenvalue weighted by Crippen LogP contribution is 2.49. The number of nitrogens with one attached hydrogen (secondary N) is 1. The smallest absolute Gasteiger partial charge is 0.240 e. The van der Waals surface area contributed by atoms with Gasteiger partial charge in [0.15, 0.2) is 0 Å². The number of methoxy groups -OCH3 is 1. The lowest BCUT2D eigenvalue weighted by molar-refractivity contribution is -0.123. The molecule has 3 heterocycles. The van der Waals surface area contributed by atoms with Gasteiger partial charge in [0.1, 0.15) is 12.4 Å². The first-order valence-corrected chi connectivity index (χ1v) is 14.4. The average molecular weight is 547 g/mol. The maximum absolute atomic E-state index is 13.7. The van der Waals surface area contributed by atoms with Gasteiger partial charge in [0.05, 0.1) is 29.0 Å². The van der Waals surface area contributed by atoms with E-state index in [1.165, 1.54) is 0 Å². The standard InChI is InChI=1S/C29H30N4O3S2/c1-19-9-10-23(20(2)15-19)33-29-26(27(31-33)21-7-5-4-6-8-21)28(22-11-14-37-17-22)38-18-25(35)32(29)16-24(34)30-12-13-36-3/h4-11,14-15,17,28H,12-13,16,18H2,1-3H3,(H,30,34)/t28-/m1/s1. The first kappa shape index (κ1) is 26.2. The van der Waals surface area contributed by atoms with Crippen LogP contribution >= 0.6 is 23.1 Å². The quantitative estimate of drug-likeness (QED) is 0.310. The Balaban J connectivity index is 1.75. The van der Waals surface area contributed by atoms with E-state index in [2.05, 4.69) is 35.1 Å². The Hall–Kier alpha value is -3.40. The Labute approximate surface area is 230 Å². The van der Waals surface area contributed by atoms with Crippen LogP contribution in [0, 0.1) is 13.8 Å². The van der Waals surface area contributed by atoms with Crippen molar-refractivity contribution in [3.63, 3.8) is 0 Å². The Kier molecular flexibility index (Phi) is 7.97. The number of carbonyl (C=O) groups excluding carboxylic acids is 2. The second-order valence-corrected chi connectivity index (χ2v) is 11.1. The number of nitrogens with zero attached hydrogens (tertiary/aromatic N) is 3. The number of hydrogen-bond donors (Lipinski definition) is 1. The number of hydrogen-bond acceptors (Lipinski definition) is 6. The molecule has 2 amide bonds.